The maximum Gasteiger partial charge on any atom is 2.00 e. The molecule has 0 atom stereocenters. The monoisotopic (exact) mass is 322 g/mol. The van der Waals surface area contributed by atoms with E-state index in [0.29, 0.717) is 5.75 Å². The Balaban J connectivity index is 0.00000361. The molecule has 0 unspecified atom stereocenters. The summed E-state index contributed by atoms with van der Waals surface area (Å²) < 4.78 is 4.81. The van der Waals surface area contributed by atoms with Crippen molar-refractivity contribution in [3.63, 3.8) is 0 Å². The molecule has 108 valence electrons. The maximum atomic E-state index is 10.6. The average Bonchev–Trinajstić information content (AvgIpc) is 2.39. The van der Waals surface area contributed by atoms with E-state index in [-0.39, 0.29) is 37.7 Å². The fraction of sp³-hybridized carbons (Fsp3) is 0.600. The molecule has 0 saturated carbocycles. The number of para-hydroxylation sites is 1. The van der Waals surface area contributed by atoms with Crippen molar-refractivity contribution in [3.05, 3.63) is 29.8 Å². The van der Waals surface area contributed by atoms with Crippen molar-refractivity contribution in [3.8, 4) is 5.75 Å². The molecule has 1 rings (SSSR count). The van der Waals surface area contributed by atoms with E-state index >= 15 is 0 Å². The van der Waals surface area contributed by atoms with E-state index in [0.717, 1.165) is 18.4 Å². The number of aryl methyl sites for hydroxylation is 1. The zero-order chi connectivity index (χ0) is 13.9. The third kappa shape index (κ3) is 9.55. The van der Waals surface area contributed by atoms with Crippen LogP contribution in [-0.2, 0) is 6.42 Å². The topological polar surface area (TPSA) is 55.3 Å². The molecule has 0 aliphatic heterocycles. The molecule has 0 aromatic heterocycles. The van der Waals surface area contributed by atoms with E-state index in [1.807, 2.05) is 12.1 Å². The molecule has 0 bridgehead atoms. The minimum absolute atomic E-state index is 0. The first-order valence-corrected chi connectivity index (χ1v) is 8.24. The quantitative estimate of drug-likeness (QED) is 0.378. The molecule has 0 aliphatic carbocycles. The van der Waals surface area contributed by atoms with Gasteiger partial charge in [0.15, 0.2) is 0 Å². The summed E-state index contributed by atoms with van der Waals surface area (Å²) in [6, 6.07) is 7.36. The molecular weight excluding hydrogens is 299 g/mol. The summed E-state index contributed by atoms with van der Waals surface area (Å²) in [5, 5.41) is 0. The minimum Gasteiger partial charge on any atom is -0.810 e. The second-order valence-corrected chi connectivity index (χ2v) is 5.42. The summed E-state index contributed by atoms with van der Waals surface area (Å²) in [6.07, 6.45) is 9.66. The summed E-state index contributed by atoms with van der Waals surface area (Å²) in [4.78, 5) is 21.2. The third-order valence-electron chi connectivity index (χ3n) is 3.20. The molecule has 1 aromatic rings. The summed E-state index contributed by atoms with van der Waals surface area (Å²) in [6.45, 7) is 2.22. The van der Waals surface area contributed by atoms with Crippen molar-refractivity contribution in [2.24, 2.45) is 0 Å². The third-order valence-corrected chi connectivity index (χ3v) is 3.54. The van der Waals surface area contributed by atoms with Crippen molar-refractivity contribution in [2.45, 2.75) is 58.3 Å². The number of hydrogen-bond donors (Lipinski definition) is 0. The van der Waals surface area contributed by atoms with Crippen molar-refractivity contribution in [1.82, 2.24) is 0 Å². The van der Waals surface area contributed by atoms with E-state index in [9.17, 15) is 9.79 Å². The van der Waals surface area contributed by atoms with Gasteiger partial charge in [0.25, 0.3) is 0 Å². The predicted octanol–water partition coefficient (Wildman–Crippen LogP) is 2.93. The van der Waals surface area contributed by atoms with Gasteiger partial charge in [-0.1, -0.05) is 72.3 Å². The number of unbranched alkanes of at least 4 members (excludes halogenated alkanes) is 6. The zero-order valence-corrected chi connectivity index (χ0v) is 15.4. The van der Waals surface area contributed by atoms with Crippen LogP contribution in [0.2, 0.25) is 0 Å². The van der Waals surface area contributed by atoms with E-state index < -0.39 is 8.60 Å². The second kappa shape index (κ2) is 13.3. The van der Waals surface area contributed by atoms with E-state index in [2.05, 4.69) is 6.92 Å². The van der Waals surface area contributed by atoms with Crippen LogP contribution in [0.5, 0.6) is 5.75 Å². The van der Waals surface area contributed by atoms with Gasteiger partial charge in [0.1, 0.15) is 5.75 Å². The Labute approximate surface area is 153 Å². The average molecular weight is 322 g/mol. The molecule has 5 heteroatoms. The van der Waals surface area contributed by atoms with Gasteiger partial charge in [-0.15, -0.1) is 0 Å². The molecular formula is C15H23CaO3P. The molecule has 0 aliphatic rings. The van der Waals surface area contributed by atoms with Crippen LogP contribution < -0.4 is 14.3 Å². The Morgan fingerprint density at radius 2 is 1.55 bits per heavy atom. The zero-order valence-electron chi connectivity index (χ0n) is 12.3. The van der Waals surface area contributed by atoms with Gasteiger partial charge in [0.05, 0.1) is 0 Å². The number of benzene rings is 1. The van der Waals surface area contributed by atoms with Gasteiger partial charge in [0.2, 0.25) is 0 Å². The summed E-state index contributed by atoms with van der Waals surface area (Å²) >= 11 is 0. The van der Waals surface area contributed by atoms with Crippen LogP contribution in [0, 0.1) is 0 Å². The van der Waals surface area contributed by atoms with Gasteiger partial charge < -0.3 is 14.3 Å². The first-order chi connectivity index (χ1) is 9.24. The van der Waals surface area contributed by atoms with E-state index in [1.54, 1.807) is 12.1 Å². The van der Waals surface area contributed by atoms with Gasteiger partial charge >= 0.3 is 37.7 Å². The summed E-state index contributed by atoms with van der Waals surface area (Å²) in [5.41, 5.74) is 0.982. The molecule has 1 aromatic carbocycles. The number of rotatable bonds is 10. The van der Waals surface area contributed by atoms with Crippen molar-refractivity contribution < 1.29 is 14.3 Å². The van der Waals surface area contributed by atoms with Crippen LogP contribution in [0.3, 0.4) is 0 Å². The van der Waals surface area contributed by atoms with Crippen LogP contribution in [0.1, 0.15) is 57.4 Å². The van der Waals surface area contributed by atoms with Gasteiger partial charge in [0, 0.05) is 0 Å². The Kier molecular flexibility index (Phi) is 13.7. The molecule has 3 nitrogen and oxygen atoms in total. The number of hydrogen-bond acceptors (Lipinski definition) is 3. The smallest absolute Gasteiger partial charge is 0.810 e. The molecule has 20 heavy (non-hydrogen) atoms. The largest absolute Gasteiger partial charge is 2.00 e. The van der Waals surface area contributed by atoms with Gasteiger partial charge in [-0.3, -0.25) is 0 Å². The van der Waals surface area contributed by atoms with E-state index in [1.165, 1.54) is 38.5 Å². The first-order valence-electron chi connectivity index (χ1n) is 7.14. The van der Waals surface area contributed by atoms with Gasteiger partial charge in [-0.05, 0) is 24.5 Å². The van der Waals surface area contributed by atoms with Crippen LogP contribution in [0.15, 0.2) is 24.3 Å². The predicted molar refractivity (Wildman–Crippen MR) is 81.4 cm³/mol. The van der Waals surface area contributed by atoms with Crippen LogP contribution in [0.4, 0.5) is 0 Å². The maximum absolute atomic E-state index is 10.6. The molecule has 0 spiro atoms. The Bertz CT molecular complexity index is 348. The molecule has 0 radical (unpaired) electrons. The molecule has 0 N–H and O–H groups in total. The van der Waals surface area contributed by atoms with Gasteiger partial charge in [-0.2, -0.15) is 0 Å². The Morgan fingerprint density at radius 1 is 0.950 bits per heavy atom. The molecule has 0 saturated heterocycles. The molecule has 0 fully saturated rings. The van der Waals surface area contributed by atoms with Crippen molar-refractivity contribution in [1.29, 1.82) is 0 Å². The normalized spacial score (nSPS) is 10.4. The van der Waals surface area contributed by atoms with Crippen molar-refractivity contribution in [2.75, 3.05) is 0 Å². The Hall–Kier alpha value is 0.630. The van der Waals surface area contributed by atoms with E-state index in [4.69, 9.17) is 4.52 Å². The summed E-state index contributed by atoms with van der Waals surface area (Å²) in [5.74, 6) is 0.476. The minimum atomic E-state index is -2.82. The Morgan fingerprint density at radius 3 is 2.20 bits per heavy atom. The second-order valence-electron chi connectivity index (χ2n) is 4.79. The van der Waals surface area contributed by atoms with Crippen molar-refractivity contribution >= 4 is 46.3 Å². The van der Waals surface area contributed by atoms with Gasteiger partial charge in [-0.25, -0.2) is 0 Å². The molecule has 0 heterocycles. The van der Waals surface area contributed by atoms with Crippen LogP contribution in [-0.4, -0.2) is 37.7 Å². The van der Waals surface area contributed by atoms with Crippen LogP contribution >= 0.6 is 8.60 Å². The summed E-state index contributed by atoms with van der Waals surface area (Å²) in [7, 11) is -2.82. The fourth-order valence-corrected chi connectivity index (χ4v) is 2.49. The first kappa shape index (κ1) is 20.6. The standard InChI is InChI=1S/C15H23O3P.Ca/c1-2-3-4-5-6-7-8-11-14-12-9-10-13-15(14)18-19(16)17;/h9-10,12-13H,2-8,11H2,1H3;/q-2;+2. The fourth-order valence-electron chi connectivity index (χ4n) is 2.15. The SMILES string of the molecule is CCCCCCCCCc1ccccc1OP([O-])[O-].[Ca+2]. The molecule has 0 amide bonds. The van der Waals surface area contributed by atoms with Crippen LogP contribution in [0.25, 0.3) is 0 Å².